The van der Waals surface area contributed by atoms with E-state index in [4.69, 9.17) is 4.98 Å². The van der Waals surface area contributed by atoms with Gasteiger partial charge in [0.25, 0.3) is 0 Å². The summed E-state index contributed by atoms with van der Waals surface area (Å²) in [7, 11) is 0. The number of hydrogen-bond acceptors (Lipinski definition) is 4. The topological polar surface area (TPSA) is 64.0 Å². The molecule has 5 nitrogen and oxygen atoms in total. The zero-order valence-corrected chi connectivity index (χ0v) is 16.9. The maximum atomic E-state index is 12.6. The number of aromatic nitrogens is 2. The van der Waals surface area contributed by atoms with Crippen molar-refractivity contribution in [1.29, 1.82) is 0 Å². The Kier molecular flexibility index (Phi) is 5.53. The molecule has 0 bridgehead atoms. The number of thiazole rings is 1. The molecule has 2 heterocycles. The van der Waals surface area contributed by atoms with Crippen LogP contribution in [0.25, 0.3) is 22.2 Å². The van der Waals surface area contributed by atoms with Crippen molar-refractivity contribution in [2.45, 2.75) is 26.3 Å². The molecular formula is C23H21N3O2S. The Balaban J connectivity index is 1.53. The van der Waals surface area contributed by atoms with Crippen molar-refractivity contribution in [1.82, 2.24) is 9.55 Å². The lowest BCUT2D eigenvalue weighted by Crippen LogP contribution is -2.17. The van der Waals surface area contributed by atoms with Gasteiger partial charge in [-0.25, -0.2) is 4.98 Å². The van der Waals surface area contributed by atoms with E-state index in [0.717, 1.165) is 33.5 Å². The molecule has 0 aliphatic rings. The largest absolute Gasteiger partial charge is 0.325 e. The number of para-hydroxylation sites is 1. The van der Waals surface area contributed by atoms with Crippen LogP contribution >= 0.6 is 11.3 Å². The van der Waals surface area contributed by atoms with Gasteiger partial charge in [-0.2, -0.15) is 0 Å². The predicted molar refractivity (Wildman–Crippen MR) is 118 cm³/mol. The third kappa shape index (κ3) is 4.27. The lowest BCUT2D eigenvalue weighted by molar-refractivity contribution is -0.116. The highest BCUT2D eigenvalue weighted by molar-refractivity contribution is 7.07. The Bertz CT molecular complexity index is 1210. The van der Waals surface area contributed by atoms with Gasteiger partial charge in [-0.05, 0) is 25.5 Å². The normalized spacial score (nSPS) is 10.9. The van der Waals surface area contributed by atoms with Crippen molar-refractivity contribution >= 4 is 33.8 Å². The minimum atomic E-state index is -0.0682. The summed E-state index contributed by atoms with van der Waals surface area (Å²) in [5.41, 5.74) is 4.35. The van der Waals surface area contributed by atoms with Crippen molar-refractivity contribution in [3.8, 4) is 11.3 Å². The van der Waals surface area contributed by atoms with Crippen LogP contribution in [0.2, 0.25) is 0 Å². The van der Waals surface area contributed by atoms with Gasteiger partial charge in [0.15, 0.2) is 0 Å². The van der Waals surface area contributed by atoms with E-state index < -0.39 is 0 Å². The number of carbonyl (C=O) groups excluding carboxylic acids is 1. The monoisotopic (exact) mass is 403 g/mol. The lowest BCUT2D eigenvalue weighted by atomic mass is 10.1. The quantitative estimate of drug-likeness (QED) is 0.500. The number of anilines is 1. The molecule has 2 aromatic carbocycles. The predicted octanol–water partition coefficient (Wildman–Crippen LogP) is 4.85. The zero-order valence-electron chi connectivity index (χ0n) is 16.1. The molecule has 0 aliphatic carbocycles. The van der Waals surface area contributed by atoms with Gasteiger partial charge in [-0.15, -0.1) is 0 Å². The highest BCUT2D eigenvalue weighted by Gasteiger charge is 2.11. The summed E-state index contributed by atoms with van der Waals surface area (Å²) >= 11 is 1.19. The summed E-state index contributed by atoms with van der Waals surface area (Å²) in [6, 6.07) is 19.6. The maximum Gasteiger partial charge on any atom is 0.307 e. The standard InChI is InChI=1S/C23H21N3O2S/c1-16-15-29-23(28)26(16)13-7-12-22(27)25-21-14-20(17-8-3-2-4-9-17)24-19-11-6-5-10-18(19)21/h2-6,8-11,14-15H,7,12-13H2,1H3,(H,24,25,27). The molecule has 2 aromatic heterocycles. The van der Waals surface area contributed by atoms with Crippen molar-refractivity contribution in [2.24, 2.45) is 0 Å². The number of nitrogens with one attached hydrogen (secondary N) is 1. The first-order valence-corrected chi connectivity index (χ1v) is 10.4. The highest BCUT2D eigenvalue weighted by Crippen LogP contribution is 2.28. The van der Waals surface area contributed by atoms with Crippen LogP contribution in [-0.2, 0) is 11.3 Å². The molecule has 0 aliphatic heterocycles. The van der Waals surface area contributed by atoms with Gasteiger partial charge in [0.1, 0.15) is 0 Å². The first kappa shape index (κ1) is 19.1. The number of nitrogens with zero attached hydrogens (tertiary/aromatic N) is 2. The molecule has 4 rings (SSSR count). The number of carbonyl (C=O) groups is 1. The SMILES string of the molecule is Cc1csc(=O)n1CCCC(=O)Nc1cc(-c2ccccc2)nc2ccccc12. The summed E-state index contributed by atoms with van der Waals surface area (Å²) in [4.78, 5) is 29.1. The average Bonchev–Trinajstić information content (AvgIpc) is 3.06. The van der Waals surface area contributed by atoms with Gasteiger partial charge in [0.2, 0.25) is 5.91 Å². The van der Waals surface area contributed by atoms with Gasteiger partial charge in [0, 0.05) is 35.0 Å². The Labute approximate surface area is 172 Å². The third-order valence-corrected chi connectivity index (χ3v) is 5.70. The van der Waals surface area contributed by atoms with Crippen molar-refractivity contribution in [2.75, 3.05) is 5.32 Å². The van der Waals surface area contributed by atoms with E-state index in [1.54, 1.807) is 4.57 Å². The average molecular weight is 404 g/mol. The molecule has 0 atom stereocenters. The fourth-order valence-corrected chi connectivity index (χ4v) is 4.08. The molecule has 4 aromatic rings. The van der Waals surface area contributed by atoms with Crippen LogP contribution in [0.4, 0.5) is 5.69 Å². The number of aryl methyl sites for hydroxylation is 1. The van der Waals surface area contributed by atoms with Gasteiger partial charge in [-0.1, -0.05) is 59.9 Å². The summed E-state index contributed by atoms with van der Waals surface area (Å²) in [5, 5.41) is 5.79. The number of hydrogen-bond donors (Lipinski definition) is 1. The van der Waals surface area contributed by atoms with Crippen LogP contribution in [-0.4, -0.2) is 15.5 Å². The van der Waals surface area contributed by atoms with Crippen molar-refractivity contribution in [3.05, 3.63) is 81.4 Å². The van der Waals surface area contributed by atoms with Gasteiger partial charge < -0.3 is 9.88 Å². The van der Waals surface area contributed by atoms with E-state index in [2.05, 4.69) is 5.32 Å². The van der Waals surface area contributed by atoms with Crippen LogP contribution < -0.4 is 10.2 Å². The third-order valence-electron chi connectivity index (χ3n) is 4.82. The molecule has 0 fully saturated rings. The van der Waals surface area contributed by atoms with E-state index in [1.807, 2.05) is 73.0 Å². The Morgan fingerprint density at radius 3 is 2.62 bits per heavy atom. The maximum absolute atomic E-state index is 12.6. The molecule has 0 spiro atoms. The minimum Gasteiger partial charge on any atom is -0.325 e. The molecule has 0 radical (unpaired) electrons. The summed E-state index contributed by atoms with van der Waals surface area (Å²) < 4.78 is 1.72. The Hall–Kier alpha value is -3.25. The van der Waals surface area contributed by atoms with E-state index in [9.17, 15) is 9.59 Å². The van der Waals surface area contributed by atoms with Crippen molar-refractivity contribution < 1.29 is 4.79 Å². The van der Waals surface area contributed by atoms with Crippen LogP contribution in [0.1, 0.15) is 18.5 Å². The molecule has 6 heteroatoms. The Morgan fingerprint density at radius 1 is 1.10 bits per heavy atom. The summed E-state index contributed by atoms with van der Waals surface area (Å²) in [6.07, 6.45) is 0.955. The zero-order chi connectivity index (χ0) is 20.2. The van der Waals surface area contributed by atoms with E-state index in [1.165, 1.54) is 11.3 Å². The van der Waals surface area contributed by atoms with Crippen LogP contribution in [0.3, 0.4) is 0 Å². The van der Waals surface area contributed by atoms with Gasteiger partial charge >= 0.3 is 4.87 Å². The fraction of sp³-hybridized carbons (Fsp3) is 0.174. The molecule has 0 saturated carbocycles. The molecule has 1 N–H and O–H groups in total. The molecule has 0 unspecified atom stereocenters. The second kappa shape index (κ2) is 8.41. The van der Waals surface area contributed by atoms with E-state index >= 15 is 0 Å². The van der Waals surface area contributed by atoms with Crippen molar-refractivity contribution in [3.63, 3.8) is 0 Å². The highest BCUT2D eigenvalue weighted by atomic mass is 32.1. The van der Waals surface area contributed by atoms with Crippen LogP contribution in [0.15, 0.2) is 70.8 Å². The van der Waals surface area contributed by atoms with Crippen LogP contribution in [0.5, 0.6) is 0 Å². The molecule has 29 heavy (non-hydrogen) atoms. The lowest BCUT2D eigenvalue weighted by Gasteiger charge is -2.12. The van der Waals surface area contributed by atoms with E-state index in [0.29, 0.717) is 19.4 Å². The number of fused-ring (bicyclic) bond motifs is 1. The second-order valence-corrected chi connectivity index (χ2v) is 7.71. The number of pyridine rings is 1. The number of benzene rings is 2. The molecular weight excluding hydrogens is 382 g/mol. The second-order valence-electron chi connectivity index (χ2n) is 6.88. The molecule has 146 valence electrons. The smallest absolute Gasteiger partial charge is 0.307 e. The van der Waals surface area contributed by atoms with Crippen LogP contribution in [0, 0.1) is 6.92 Å². The Morgan fingerprint density at radius 2 is 1.86 bits per heavy atom. The number of rotatable bonds is 6. The molecule has 1 amide bonds. The van der Waals surface area contributed by atoms with E-state index in [-0.39, 0.29) is 10.8 Å². The summed E-state index contributed by atoms with van der Waals surface area (Å²) in [6.45, 7) is 2.46. The first-order chi connectivity index (χ1) is 14.1. The van der Waals surface area contributed by atoms with Gasteiger partial charge in [-0.3, -0.25) is 9.59 Å². The minimum absolute atomic E-state index is 0.0236. The first-order valence-electron chi connectivity index (χ1n) is 9.52. The molecule has 0 saturated heterocycles. The fourth-order valence-electron chi connectivity index (χ4n) is 3.32. The summed E-state index contributed by atoms with van der Waals surface area (Å²) in [5.74, 6) is -0.0682. The number of amides is 1. The van der Waals surface area contributed by atoms with Gasteiger partial charge in [0.05, 0.1) is 16.9 Å².